The fourth-order valence-electron chi connectivity index (χ4n) is 4.58. The van der Waals surface area contributed by atoms with Crippen LogP contribution >= 0.6 is 0 Å². The number of nitrogens with one attached hydrogen (secondary N) is 3. The van der Waals surface area contributed by atoms with Gasteiger partial charge < -0.3 is 30.2 Å². The largest absolute Gasteiger partial charge is 0.467 e. The van der Waals surface area contributed by atoms with Gasteiger partial charge in [0.25, 0.3) is 0 Å². The second-order valence-electron chi connectivity index (χ2n) is 11.5. The molecule has 3 aromatic carbocycles. The lowest BCUT2D eigenvalue weighted by atomic mass is 10.0. The van der Waals surface area contributed by atoms with E-state index in [-0.39, 0.29) is 23.4 Å². The van der Waals surface area contributed by atoms with Crippen LogP contribution in [-0.4, -0.2) is 69.0 Å². The Morgan fingerprint density at radius 3 is 1.57 bits per heavy atom. The number of amides is 3. The molecule has 12 nitrogen and oxygen atoms in total. The number of carbonyl (C=O) groups is 6. The van der Waals surface area contributed by atoms with E-state index in [0.717, 1.165) is 24.0 Å². The Bertz CT molecular complexity index is 1690. The van der Waals surface area contributed by atoms with Crippen molar-refractivity contribution >= 4 is 47.8 Å². The van der Waals surface area contributed by atoms with E-state index in [1.807, 2.05) is 109 Å². The number of hydrogen-bond acceptors (Lipinski definition) is 9. The molecule has 0 aliphatic carbocycles. The van der Waals surface area contributed by atoms with Gasteiger partial charge in [0.1, 0.15) is 17.8 Å². The minimum atomic E-state index is -0.632. The molecule has 0 spiro atoms. The summed E-state index contributed by atoms with van der Waals surface area (Å²) in [6.45, 7) is 4.10. The van der Waals surface area contributed by atoms with Crippen molar-refractivity contribution in [2.45, 2.75) is 58.5 Å². The Morgan fingerprint density at radius 1 is 0.611 bits per heavy atom. The molecule has 288 valence electrons. The highest BCUT2D eigenvalue weighted by Gasteiger charge is 2.19. The van der Waals surface area contributed by atoms with E-state index in [4.69, 9.17) is 0 Å². The molecule has 0 saturated heterocycles. The maximum Gasteiger partial charge on any atom is 0.354 e. The molecule has 0 bridgehead atoms. The van der Waals surface area contributed by atoms with Gasteiger partial charge in [0.05, 0.1) is 21.3 Å². The summed E-state index contributed by atoms with van der Waals surface area (Å²) in [5.41, 5.74) is 3.38. The molecule has 0 heterocycles. The van der Waals surface area contributed by atoms with E-state index in [0.29, 0.717) is 12.8 Å². The highest BCUT2D eigenvalue weighted by molar-refractivity contribution is 5.93. The molecule has 3 aromatic rings. The van der Waals surface area contributed by atoms with Crippen LogP contribution in [0.5, 0.6) is 0 Å². The normalized spacial score (nSPS) is 11.7. The maximum atomic E-state index is 11.5. The number of ether oxygens (including phenoxy) is 3. The second-order valence-corrected chi connectivity index (χ2v) is 11.5. The fourth-order valence-corrected chi connectivity index (χ4v) is 4.58. The average molecular weight is 742 g/mol. The molecule has 0 aliphatic heterocycles. The molecular weight excluding hydrogens is 690 g/mol. The molecule has 3 rings (SSSR count). The summed E-state index contributed by atoms with van der Waals surface area (Å²) >= 11 is 0. The molecule has 0 aliphatic rings. The summed E-state index contributed by atoms with van der Waals surface area (Å²) in [6.07, 6.45) is 11.4. The van der Waals surface area contributed by atoms with Crippen LogP contribution in [0.4, 0.5) is 0 Å². The zero-order valence-corrected chi connectivity index (χ0v) is 31.7. The van der Waals surface area contributed by atoms with E-state index < -0.39 is 30.0 Å². The van der Waals surface area contributed by atoms with Crippen LogP contribution in [0.15, 0.2) is 115 Å². The van der Waals surface area contributed by atoms with E-state index in [1.165, 1.54) is 53.7 Å². The van der Waals surface area contributed by atoms with Crippen LogP contribution in [0.25, 0.3) is 12.2 Å². The highest BCUT2D eigenvalue weighted by Crippen LogP contribution is 2.08. The van der Waals surface area contributed by atoms with Gasteiger partial charge in [-0.3, -0.25) is 14.4 Å². The maximum absolute atomic E-state index is 11.5. The van der Waals surface area contributed by atoms with Gasteiger partial charge in [0.15, 0.2) is 0 Å². The zero-order chi connectivity index (χ0) is 40.1. The lowest BCUT2D eigenvalue weighted by Crippen LogP contribution is -2.40. The summed E-state index contributed by atoms with van der Waals surface area (Å²) in [4.78, 5) is 67.1. The van der Waals surface area contributed by atoms with E-state index in [1.54, 1.807) is 6.08 Å². The summed E-state index contributed by atoms with van der Waals surface area (Å²) in [5.74, 6) is -2.20. The topological polar surface area (TPSA) is 166 Å². The van der Waals surface area contributed by atoms with Crippen LogP contribution in [0.2, 0.25) is 0 Å². The molecule has 0 radical (unpaired) electrons. The van der Waals surface area contributed by atoms with E-state index >= 15 is 0 Å². The number of aryl methyl sites for hydroxylation is 1. The molecule has 3 amide bonds. The number of methoxy groups -OCH3 is 3. The van der Waals surface area contributed by atoms with Gasteiger partial charge in [0, 0.05) is 20.8 Å². The molecule has 0 saturated carbocycles. The van der Waals surface area contributed by atoms with E-state index in [2.05, 4.69) is 30.2 Å². The van der Waals surface area contributed by atoms with Gasteiger partial charge in [-0.25, -0.2) is 14.4 Å². The van der Waals surface area contributed by atoms with Crippen molar-refractivity contribution in [3.05, 3.63) is 132 Å². The second kappa shape index (κ2) is 27.4. The van der Waals surface area contributed by atoms with Crippen LogP contribution in [0.1, 0.15) is 56.7 Å². The van der Waals surface area contributed by atoms with Crippen LogP contribution in [0, 0.1) is 0 Å². The molecule has 3 N–H and O–H groups in total. The Balaban J connectivity index is 0.000000405. The van der Waals surface area contributed by atoms with Crippen molar-refractivity contribution in [1.82, 2.24) is 16.0 Å². The standard InChI is InChI=1S/C14H19NO3.C14H17NO3.C14H15NO3/c3*1-11(16)15-13(14(17)18-2)10-6-9-12-7-4-3-5-8-12/h3-5,7-8,13H,6,9-10H2,1-2H3,(H,15,16);3-9,13H,10H2,1-2H3,(H,15,16);3-10H,1-2H3,(H,15,16)/b;9-6+;9-6+,13-10-/t2*13-;/m00./s1. The molecule has 0 aromatic heterocycles. The Kier molecular flexibility index (Phi) is 23.2. The first kappa shape index (κ1) is 45.7. The number of carbonyl (C=O) groups excluding carboxylic acids is 6. The lowest BCUT2D eigenvalue weighted by Gasteiger charge is -2.15. The third-order valence-electron chi connectivity index (χ3n) is 7.08. The van der Waals surface area contributed by atoms with Gasteiger partial charge >= 0.3 is 17.9 Å². The van der Waals surface area contributed by atoms with Crippen LogP contribution < -0.4 is 16.0 Å². The number of hydrogen-bond donors (Lipinski definition) is 3. The summed E-state index contributed by atoms with van der Waals surface area (Å²) in [7, 11) is 3.89. The predicted octanol–water partition coefficient (Wildman–Crippen LogP) is 5.35. The quantitative estimate of drug-likeness (QED) is 0.0806. The minimum absolute atomic E-state index is 0.109. The molecule has 0 unspecified atom stereocenters. The van der Waals surface area contributed by atoms with Crippen molar-refractivity contribution in [2.24, 2.45) is 0 Å². The van der Waals surface area contributed by atoms with Crippen molar-refractivity contribution in [3.8, 4) is 0 Å². The number of allylic oxidation sites excluding steroid dienone is 2. The van der Waals surface area contributed by atoms with Gasteiger partial charge in [-0.2, -0.15) is 0 Å². The third-order valence-corrected chi connectivity index (χ3v) is 7.08. The Morgan fingerprint density at radius 2 is 1.09 bits per heavy atom. The van der Waals surface area contributed by atoms with Gasteiger partial charge in [-0.15, -0.1) is 0 Å². The summed E-state index contributed by atoms with van der Waals surface area (Å²) in [6, 6.07) is 28.2. The van der Waals surface area contributed by atoms with Crippen molar-refractivity contribution in [2.75, 3.05) is 21.3 Å². The van der Waals surface area contributed by atoms with Gasteiger partial charge in [-0.1, -0.05) is 115 Å². The first-order chi connectivity index (χ1) is 25.9. The monoisotopic (exact) mass is 741 g/mol. The molecule has 0 fully saturated rings. The number of benzene rings is 3. The molecular formula is C42H51N3O9. The molecule has 54 heavy (non-hydrogen) atoms. The number of esters is 3. The Hall–Kier alpha value is -6.30. The number of rotatable bonds is 15. The zero-order valence-electron chi connectivity index (χ0n) is 31.7. The average Bonchev–Trinajstić information content (AvgIpc) is 3.17. The fraction of sp³-hybridized carbons (Fsp3) is 0.286. The van der Waals surface area contributed by atoms with Gasteiger partial charge in [-0.05, 0) is 48.4 Å². The lowest BCUT2D eigenvalue weighted by molar-refractivity contribution is -0.145. The van der Waals surface area contributed by atoms with Crippen LogP contribution in [0.3, 0.4) is 0 Å². The third kappa shape index (κ3) is 21.2. The first-order valence-corrected chi connectivity index (χ1v) is 17.1. The smallest absolute Gasteiger partial charge is 0.354 e. The van der Waals surface area contributed by atoms with E-state index in [9.17, 15) is 28.8 Å². The van der Waals surface area contributed by atoms with Crippen molar-refractivity contribution < 1.29 is 43.0 Å². The minimum Gasteiger partial charge on any atom is -0.467 e. The molecule has 2 atom stereocenters. The summed E-state index contributed by atoms with van der Waals surface area (Å²) < 4.78 is 13.9. The Labute approximate surface area is 317 Å². The predicted molar refractivity (Wildman–Crippen MR) is 208 cm³/mol. The van der Waals surface area contributed by atoms with Crippen molar-refractivity contribution in [3.63, 3.8) is 0 Å². The summed E-state index contributed by atoms with van der Waals surface area (Å²) in [5, 5.41) is 7.57. The van der Waals surface area contributed by atoms with Crippen molar-refractivity contribution in [1.29, 1.82) is 0 Å². The SMILES string of the molecule is COC(=O)/C(=C/C=C/c1ccccc1)NC(C)=O.COC(=O)[C@H](C/C=C/c1ccccc1)NC(C)=O.COC(=O)[C@H](CCCc1ccccc1)NC(C)=O. The van der Waals surface area contributed by atoms with Gasteiger partial charge in [0.2, 0.25) is 17.7 Å². The first-order valence-electron chi connectivity index (χ1n) is 17.1. The molecule has 12 heteroatoms. The van der Waals surface area contributed by atoms with Crippen LogP contribution in [-0.2, 0) is 49.4 Å². The highest BCUT2D eigenvalue weighted by atomic mass is 16.5.